The van der Waals surface area contributed by atoms with Crippen molar-refractivity contribution >= 4 is 40.7 Å². The summed E-state index contributed by atoms with van der Waals surface area (Å²) in [6.45, 7) is 0. The molecule has 6 heteroatoms. The van der Waals surface area contributed by atoms with Crippen LogP contribution in [0.1, 0.15) is 21.5 Å². The van der Waals surface area contributed by atoms with E-state index in [1.807, 2.05) is 48.5 Å². The van der Waals surface area contributed by atoms with Crippen LogP contribution in [0.3, 0.4) is 0 Å². The second kappa shape index (κ2) is 7.80. The Kier molecular flexibility index (Phi) is 5.22. The highest BCUT2D eigenvalue weighted by atomic mass is 35.5. The molecule has 0 aliphatic carbocycles. The van der Waals surface area contributed by atoms with Crippen LogP contribution in [0.15, 0.2) is 81.5 Å². The van der Waals surface area contributed by atoms with E-state index in [0.717, 1.165) is 32.3 Å². The van der Waals surface area contributed by atoms with Crippen molar-refractivity contribution in [3.05, 3.63) is 88.4 Å². The van der Waals surface area contributed by atoms with Crippen LogP contribution in [0.5, 0.6) is 0 Å². The number of rotatable bonds is 3. The number of nitrogens with zero attached hydrogens (tertiary/aromatic N) is 2. The molecule has 1 aliphatic rings. The Hall–Kier alpha value is -2.60. The lowest BCUT2D eigenvalue weighted by atomic mass is 10.0. The number of benzene rings is 3. The van der Waals surface area contributed by atoms with Crippen molar-refractivity contribution in [2.45, 2.75) is 9.79 Å². The first-order chi connectivity index (χ1) is 13.6. The van der Waals surface area contributed by atoms with Crippen molar-refractivity contribution in [1.82, 2.24) is 5.06 Å². The number of hydroxylamine groups is 2. The van der Waals surface area contributed by atoms with E-state index in [-0.39, 0.29) is 5.91 Å². The van der Waals surface area contributed by atoms with E-state index in [0.29, 0.717) is 10.6 Å². The molecule has 1 amide bonds. The molecular formula is C22H17ClN2O2S. The van der Waals surface area contributed by atoms with Crippen LogP contribution in [-0.4, -0.2) is 30.8 Å². The Morgan fingerprint density at radius 3 is 2.54 bits per heavy atom. The van der Waals surface area contributed by atoms with E-state index in [1.165, 1.54) is 12.2 Å². The molecule has 0 saturated heterocycles. The minimum atomic E-state index is -0.222. The molecule has 4 nitrogen and oxygen atoms in total. The maximum atomic E-state index is 12.5. The molecule has 0 bridgehead atoms. The summed E-state index contributed by atoms with van der Waals surface area (Å²) in [5, 5.41) is 1.88. The van der Waals surface area contributed by atoms with E-state index in [4.69, 9.17) is 21.4 Å². The number of hydrogen-bond acceptors (Lipinski definition) is 4. The first-order valence-electron chi connectivity index (χ1n) is 8.65. The predicted molar refractivity (Wildman–Crippen MR) is 113 cm³/mol. The zero-order valence-electron chi connectivity index (χ0n) is 15.3. The summed E-state index contributed by atoms with van der Waals surface area (Å²) >= 11 is 7.71. The van der Waals surface area contributed by atoms with Gasteiger partial charge in [-0.05, 0) is 36.4 Å². The molecule has 3 aromatic rings. The first kappa shape index (κ1) is 18.7. The average Bonchev–Trinajstić information content (AvgIpc) is 2.89. The molecule has 3 aromatic carbocycles. The molecule has 1 aliphatic heterocycles. The number of carbonyl (C=O) groups is 1. The van der Waals surface area contributed by atoms with Crippen LogP contribution in [0.4, 0.5) is 5.69 Å². The Bertz CT molecular complexity index is 1080. The van der Waals surface area contributed by atoms with Gasteiger partial charge in [-0.1, -0.05) is 53.7 Å². The van der Waals surface area contributed by atoms with Gasteiger partial charge in [-0.15, -0.1) is 0 Å². The van der Waals surface area contributed by atoms with Crippen LogP contribution in [0.25, 0.3) is 0 Å². The summed E-state index contributed by atoms with van der Waals surface area (Å²) in [5.74, 6) is -0.222. The maximum absolute atomic E-state index is 12.5. The molecule has 4 rings (SSSR count). The van der Waals surface area contributed by atoms with Gasteiger partial charge in [0.2, 0.25) is 0 Å². The molecule has 0 spiro atoms. The van der Waals surface area contributed by atoms with Gasteiger partial charge >= 0.3 is 0 Å². The van der Waals surface area contributed by atoms with Crippen LogP contribution in [0, 0.1) is 0 Å². The predicted octanol–water partition coefficient (Wildman–Crippen LogP) is 5.61. The highest BCUT2D eigenvalue weighted by Crippen LogP contribution is 2.41. The monoisotopic (exact) mass is 408 g/mol. The highest BCUT2D eigenvalue weighted by molar-refractivity contribution is 7.99. The molecule has 0 aromatic heterocycles. The van der Waals surface area contributed by atoms with Gasteiger partial charge in [-0.3, -0.25) is 9.63 Å². The molecule has 0 unspecified atom stereocenters. The fraction of sp³-hybridized carbons (Fsp3) is 0.0909. The Morgan fingerprint density at radius 2 is 1.79 bits per heavy atom. The lowest BCUT2D eigenvalue weighted by Gasteiger charge is -2.14. The SMILES string of the molecule is CON(C)C(=O)c1ccc2c(c1)N=C(c1ccc(Cl)cc1)c1ccccc1S2. The summed E-state index contributed by atoms with van der Waals surface area (Å²) in [4.78, 5) is 24.6. The molecule has 0 radical (unpaired) electrons. The molecule has 0 saturated carbocycles. The number of carbonyl (C=O) groups excluding carboxylic acids is 1. The van der Waals surface area contributed by atoms with Gasteiger partial charge in [-0.2, -0.15) is 0 Å². The summed E-state index contributed by atoms with van der Waals surface area (Å²) in [5.41, 5.74) is 4.14. The molecule has 0 N–H and O–H groups in total. The fourth-order valence-electron chi connectivity index (χ4n) is 2.97. The third-order valence-corrected chi connectivity index (χ3v) is 5.87. The molecular weight excluding hydrogens is 392 g/mol. The smallest absolute Gasteiger partial charge is 0.274 e. The standard InChI is InChI=1S/C22H17ClN2O2S/c1-25(27-2)22(26)15-9-12-20-18(13-15)24-21(14-7-10-16(23)11-8-14)17-5-3-4-6-19(17)28-20/h3-13H,1-2H3. The van der Waals surface area contributed by atoms with Gasteiger partial charge in [0.25, 0.3) is 5.91 Å². The Balaban J connectivity index is 1.88. The topological polar surface area (TPSA) is 41.9 Å². The van der Waals surface area contributed by atoms with E-state index < -0.39 is 0 Å². The minimum Gasteiger partial charge on any atom is -0.274 e. The molecule has 0 atom stereocenters. The number of hydrogen-bond donors (Lipinski definition) is 0. The number of aliphatic imine (C=N–C) groups is 1. The van der Waals surface area contributed by atoms with Gasteiger partial charge in [0.05, 0.1) is 18.5 Å². The number of halogens is 1. The fourth-order valence-corrected chi connectivity index (χ4v) is 4.10. The Morgan fingerprint density at radius 1 is 1.04 bits per heavy atom. The molecule has 140 valence electrons. The number of amides is 1. The molecule has 28 heavy (non-hydrogen) atoms. The van der Waals surface area contributed by atoms with Gasteiger partial charge < -0.3 is 0 Å². The average molecular weight is 409 g/mol. The van der Waals surface area contributed by atoms with Gasteiger partial charge in [0.1, 0.15) is 0 Å². The van der Waals surface area contributed by atoms with Gasteiger partial charge in [0.15, 0.2) is 0 Å². The van der Waals surface area contributed by atoms with Gasteiger partial charge in [-0.25, -0.2) is 10.1 Å². The van der Waals surface area contributed by atoms with Crippen molar-refractivity contribution in [2.75, 3.05) is 14.2 Å². The second-order valence-corrected chi connectivity index (χ2v) is 7.75. The quantitative estimate of drug-likeness (QED) is 0.414. The van der Waals surface area contributed by atoms with Crippen molar-refractivity contribution in [3.63, 3.8) is 0 Å². The van der Waals surface area contributed by atoms with Crippen LogP contribution < -0.4 is 0 Å². The lowest BCUT2D eigenvalue weighted by molar-refractivity contribution is -0.0756. The number of fused-ring (bicyclic) bond motifs is 2. The maximum Gasteiger partial charge on any atom is 0.277 e. The third kappa shape index (κ3) is 3.56. The minimum absolute atomic E-state index is 0.222. The van der Waals surface area contributed by atoms with Crippen molar-refractivity contribution in [1.29, 1.82) is 0 Å². The Labute approximate surface area is 172 Å². The highest BCUT2D eigenvalue weighted by Gasteiger charge is 2.20. The van der Waals surface area contributed by atoms with Crippen molar-refractivity contribution in [2.24, 2.45) is 4.99 Å². The van der Waals surface area contributed by atoms with Crippen molar-refractivity contribution < 1.29 is 9.63 Å². The molecule has 1 heterocycles. The van der Waals surface area contributed by atoms with E-state index in [1.54, 1.807) is 24.9 Å². The third-order valence-electron chi connectivity index (χ3n) is 4.48. The second-order valence-electron chi connectivity index (χ2n) is 6.23. The zero-order chi connectivity index (χ0) is 19.7. The van der Waals surface area contributed by atoms with E-state index in [9.17, 15) is 4.79 Å². The summed E-state index contributed by atoms with van der Waals surface area (Å²) in [7, 11) is 3.05. The van der Waals surface area contributed by atoms with Crippen molar-refractivity contribution in [3.8, 4) is 0 Å². The van der Waals surface area contributed by atoms with Crippen LogP contribution in [-0.2, 0) is 4.84 Å². The molecule has 0 fully saturated rings. The summed E-state index contributed by atoms with van der Waals surface area (Å²) < 4.78 is 0. The lowest BCUT2D eigenvalue weighted by Crippen LogP contribution is -2.25. The van der Waals surface area contributed by atoms with Crippen LogP contribution >= 0.6 is 23.4 Å². The van der Waals surface area contributed by atoms with Crippen LogP contribution in [0.2, 0.25) is 5.02 Å². The normalized spacial score (nSPS) is 12.5. The zero-order valence-corrected chi connectivity index (χ0v) is 16.9. The summed E-state index contributed by atoms with van der Waals surface area (Å²) in [6.07, 6.45) is 0. The summed E-state index contributed by atoms with van der Waals surface area (Å²) in [6, 6.07) is 21.3. The van der Waals surface area contributed by atoms with E-state index in [2.05, 4.69) is 12.1 Å². The first-order valence-corrected chi connectivity index (χ1v) is 9.84. The van der Waals surface area contributed by atoms with E-state index >= 15 is 0 Å². The largest absolute Gasteiger partial charge is 0.277 e. The van der Waals surface area contributed by atoms with Gasteiger partial charge in [0, 0.05) is 38.6 Å².